The molecule has 3 heteroatoms. The first-order chi connectivity index (χ1) is 14.3. The Morgan fingerprint density at radius 2 is 1.41 bits per heavy atom. The van der Waals surface area contributed by atoms with E-state index in [4.69, 9.17) is 5.10 Å². The van der Waals surface area contributed by atoms with E-state index in [1.165, 1.54) is 10.8 Å². The first kappa shape index (κ1) is 17.4. The standard InChI is InChI=1S/C26H20N2O/c29-26(21-12-5-2-6-13-21)28-25(20-10-3-1-4-11-20)18-24(27-28)23-16-15-19-9-7-8-14-22(19)17-23/h1-17,25H,18H2. The predicted octanol–water partition coefficient (Wildman–Crippen LogP) is 5.83. The van der Waals surface area contributed by atoms with Gasteiger partial charge in [-0.05, 0) is 40.1 Å². The van der Waals surface area contributed by atoms with Crippen LogP contribution in [0.3, 0.4) is 0 Å². The van der Waals surface area contributed by atoms with Crippen LogP contribution in [-0.2, 0) is 0 Å². The smallest absolute Gasteiger partial charge is 0.267 e. The van der Waals surface area contributed by atoms with Crippen LogP contribution in [0.5, 0.6) is 0 Å². The van der Waals surface area contributed by atoms with Crippen LogP contribution >= 0.6 is 0 Å². The number of rotatable bonds is 3. The van der Waals surface area contributed by atoms with E-state index in [1.807, 2.05) is 60.7 Å². The van der Waals surface area contributed by atoms with Gasteiger partial charge in [-0.3, -0.25) is 4.79 Å². The number of amides is 1. The van der Waals surface area contributed by atoms with Gasteiger partial charge in [0.05, 0.1) is 11.8 Å². The fourth-order valence-corrected chi connectivity index (χ4v) is 3.89. The highest BCUT2D eigenvalue weighted by atomic mass is 16.2. The van der Waals surface area contributed by atoms with Gasteiger partial charge in [-0.25, -0.2) is 5.01 Å². The van der Waals surface area contributed by atoms with Gasteiger partial charge in [0, 0.05) is 12.0 Å². The van der Waals surface area contributed by atoms with Crippen LogP contribution in [0.2, 0.25) is 0 Å². The molecule has 1 heterocycles. The fourth-order valence-electron chi connectivity index (χ4n) is 3.89. The molecule has 0 radical (unpaired) electrons. The third-order valence-electron chi connectivity index (χ3n) is 5.41. The summed E-state index contributed by atoms with van der Waals surface area (Å²) in [5.41, 5.74) is 3.75. The van der Waals surface area contributed by atoms with Crippen LogP contribution < -0.4 is 0 Å². The number of carbonyl (C=O) groups excluding carboxylic acids is 1. The van der Waals surface area contributed by atoms with Gasteiger partial charge in [-0.15, -0.1) is 0 Å². The maximum atomic E-state index is 13.2. The average Bonchev–Trinajstić information content (AvgIpc) is 3.25. The second-order valence-electron chi connectivity index (χ2n) is 7.25. The van der Waals surface area contributed by atoms with E-state index in [9.17, 15) is 4.79 Å². The molecule has 1 atom stereocenters. The number of hydrogen-bond acceptors (Lipinski definition) is 2. The van der Waals surface area contributed by atoms with E-state index in [1.54, 1.807) is 5.01 Å². The first-order valence-corrected chi connectivity index (χ1v) is 9.80. The highest BCUT2D eigenvalue weighted by Gasteiger charge is 2.33. The van der Waals surface area contributed by atoms with Gasteiger partial charge in [0.1, 0.15) is 0 Å². The van der Waals surface area contributed by atoms with Crippen molar-refractivity contribution in [1.82, 2.24) is 5.01 Å². The molecule has 4 aromatic carbocycles. The van der Waals surface area contributed by atoms with Crippen molar-refractivity contribution in [2.45, 2.75) is 12.5 Å². The third kappa shape index (κ3) is 3.32. The summed E-state index contributed by atoms with van der Waals surface area (Å²) < 4.78 is 0. The molecule has 0 saturated carbocycles. The lowest BCUT2D eigenvalue weighted by Gasteiger charge is -2.22. The number of hydrogen-bond donors (Lipinski definition) is 0. The molecular weight excluding hydrogens is 356 g/mol. The number of benzene rings is 4. The molecule has 0 aliphatic carbocycles. The Morgan fingerprint density at radius 3 is 2.17 bits per heavy atom. The maximum absolute atomic E-state index is 13.2. The van der Waals surface area contributed by atoms with Crippen LogP contribution in [0, 0.1) is 0 Å². The monoisotopic (exact) mass is 376 g/mol. The second kappa shape index (κ2) is 7.36. The van der Waals surface area contributed by atoms with Crippen LogP contribution in [-0.4, -0.2) is 16.6 Å². The minimum absolute atomic E-state index is 0.0738. The molecule has 4 aromatic rings. The Morgan fingerprint density at radius 1 is 0.759 bits per heavy atom. The van der Waals surface area contributed by atoms with Gasteiger partial charge in [0.25, 0.3) is 5.91 Å². The Hall–Kier alpha value is -3.72. The molecule has 1 aliphatic heterocycles. The fraction of sp³-hybridized carbons (Fsp3) is 0.0769. The summed E-state index contributed by atoms with van der Waals surface area (Å²) in [6.45, 7) is 0. The second-order valence-corrected chi connectivity index (χ2v) is 7.25. The highest BCUT2D eigenvalue weighted by Crippen LogP contribution is 2.34. The lowest BCUT2D eigenvalue weighted by molar-refractivity contribution is 0.0711. The van der Waals surface area contributed by atoms with Crippen molar-refractivity contribution in [1.29, 1.82) is 0 Å². The topological polar surface area (TPSA) is 32.7 Å². The molecule has 1 aliphatic rings. The average molecular weight is 376 g/mol. The molecule has 0 N–H and O–H groups in total. The summed E-state index contributed by atoms with van der Waals surface area (Å²) in [6, 6.07) is 34.1. The largest absolute Gasteiger partial charge is 0.274 e. The molecule has 0 bridgehead atoms. The maximum Gasteiger partial charge on any atom is 0.274 e. The summed E-state index contributed by atoms with van der Waals surface area (Å²) in [5, 5.41) is 8.83. The molecule has 29 heavy (non-hydrogen) atoms. The summed E-state index contributed by atoms with van der Waals surface area (Å²) in [5.74, 6) is -0.0738. The lowest BCUT2D eigenvalue weighted by Crippen LogP contribution is -2.27. The Kier molecular flexibility index (Phi) is 4.41. The summed E-state index contributed by atoms with van der Waals surface area (Å²) in [7, 11) is 0. The van der Waals surface area contributed by atoms with Crippen LogP contribution in [0.1, 0.15) is 33.9 Å². The summed E-state index contributed by atoms with van der Waals surface area (Å²) in [4.78, 5) is 13.2. The number of nitrogens with zero attached hydrogens (tertiary/aromatic N) is 2. The first-order valence-electron chi connectivity index (χ1n) is 9.80. The minimum Gasteiger partial charge on any atom is -0.267 e. The molecule has 3 nitrogen and oxygen atoms in total. The van der Waals surface area contributed by atoms with Crippen molar-refractivity contribution >= 4 is 22.4 Å². The van der Waals surface area contributed by atoms with Crippen molar-refractivity contribution < 1.29 is 4.79 Å². The van der Waals surface area contributed by atoms with E-state index in [0.717, 1.165) is 16.8 Å². The summed E-state index contributed by atoms with van der Waals surface area (Å²) >= 11 is 0. The molecular formula is C26H20N2O. The van der Waals surface area contributed by atoms with E-state index >= 15 is 0 Å². The van der Waals surface area contributed by atoms with Gasteiger partial charge >= 0.3 is 0 Å². The number of fused-ring (bicyclic) bond motifs is 1. The Balaban J connectivity index is 1.56. The van der Waals surface area contributed by atoms with Gasteiger partial charge in [-0.2, -0.15) is 5.10 Å². The van der Waals surface area contributed by atoms with Crippen LogP contribution in [0.25, 0.3) is 10.8 Å². The number of hydrazone groups is 1. The third-order valence-corrected chi connectivity index (χ3v) is 5.41. The van der Waals surface area contributed by atoms with Crippen LogP contribution in [0.4, 0.5) is 0 Å². The van der Waals surface area contributed by atoms with E-state index in [2.05, 4.69) is 42.5 Å². The molecule has 5 rings (SSSR count). The van der Waals surface area contributed by atoms with Crippen molar-refractivity contribution in [3.8, 4) is 0 Å². The highest BCUT2D eigenvalue weighted by molar-refractivity contribution is 6.06. The molecule has 0 spiro atoms. The Bertz CT molecular complexity index is 1200. The zero-order valence-corrected chi connectivity index (χ0v) is 15.9. The molecule has 0 aromatic heterocycles. The SMILES string of the molecule is O=C(c1ccccc1)N1N=C(c2ccc3ccccc3c2)CC1c1ccccc1. The molecule has 1 unspecified atom stereocenters. The van der Waals surface area contributed by atoms with Gasteiger partial charge in [0.2, 0.25) is 0 Å². The van der Waals surface area contributed by atoms with Gasteiger partial charge in [0.15, 0.2) is 0 Å². The zero-order valence-electron chi connectivity index (χ0n) is 15.9. The molecule has 0 fully saturated rings. The lowest BCUT2D eigenvalue weighted by atomic mass is 9.97. The van der Waals surface area contributed by atoms with E-state index in [0.29, 0.717) is 12.0 Å². The van der Waals surface area contributed by atoms with E-state index < -0.39 is 0 Å². The van der Waals surface area contributed by atoms with Crippen LogP contribution in [0.15, 0.2) is 108 Å². The van der Waals surface area contributed by atoms with Gasteiger partial charge in [-0.1, -0.05) is 84.9 Å². The van der Waals surface area contributed by atoms with Crippen molar-refractivity contribution in [3.05, 3.63) is 120 Å². The van der Waals surface area contributed by atoms with Crippen molar-refractivity contribution in [2.24, 2.45) is 5.10 Å². The molecule has 1 amide bonds. The summed E-state index contributed by atoms with van der Waals surface area (Å²) in [6.07, 6.45) is 0.695. The normalized spacial score (nSPS) is 16.1. The van der Waals surface area contributed by atoms with Gasteiger partial charge < -0.3 is 0 Å². The number of carbonyl (C=O) groups is 1. The van der Waals surface area contributed by atoms with Crippen molar-refractivity contribution in [3.63, 3.8) is 0 Å². The minimum atomic E-state index is -0.106. The zero-order chi connectivity index (χ0) is 19.6. The Labute approximate surface area is 169 Å². The van der Waals surface area contributed by atoms with Crippen molar-refractivity contribution in [2.75, 3.05) is 0 Å². The predicted molar refractivity (Wildman–Crippen MR) is 117 cm³/mol. The molecule has 0 saturated heterocycles. The van der Waals surface area contributed by atoms with E-state index in [-0.39, 0.29) is 11.9 Å². The quantitative estimate of drug-likeness (QED) is 0.443. The molecule has 140 valence electrons.